The maximum atomic E-state index is 13.6. The molecule has 0 fully saturated rings. The predicted octanol–water partition coefficient (Wildman–Crippen LogP) is 4.45. The van der Waals surface area contributed by atoms with Crippen LogP contribution in [0.4, 0.5) is 8.78 Å². The van der Waals surface area contributed by atoms with Crippen LogP contribution in [-0.2, 0) is 13.0 Å². The molecule has 0 saturated heterocycles. The summed E-state index contributed by atoms with van der Waals surface area (Å²) in [5.41, 5.74) is 1.55. The van der Waals surface area contributed by atoms with Gasteiger partial charge in [0.1, 0.15) is 11.6 Å². The normalized spacial score (nSPS) is 12.4. The second kappa shape index (κ2) is 6.95. The summed E-state index contributed by atoms with van der Waals surface area (Å²) in [6.45, 7) is 2.45. The Morgan fingerprint density at radius 2 is 1.95 bits per heavy atom. The number of nitrogens with one attached hydrogen (secondary N) is 1. The lowest BCUT2D eigenvalue weighted by molar-refractivity contribution is 0.523. The fraction of sp³-hybridized carbons (Fsp3) is 0.250. The van der Waals surface area contributed by atoms with Crippen LogP contribution in [0.1, 0.15) is 18.1 Å². The molecular weight excluding hydrogens is 324 g/mol. The molecule has 1 N–H and O–H groups in total. The van der Waals surface area contributed by atoms with Crippen LogP contribution in [0.2, 0.25) is 0 Å². The lowest BCUT2D eigenvalue weighted by atomic mass is 10.1. The van der Waals surface area contributed by atoms with E-state index in [1.165, 1.54) is 18.2 Å². The molecule has 0 aromatic heterocycles. The maximum Gasteiger partial charge on any atom is 0.127 e. The van der Waals surface area contributed by atoms with Gasteiger partial charge in [0.25, 0.3) is 0 Å². The fourth-order valence-corrected chi connectivity index (χ4v) is 2.46. The third-order valence-corrected chi connectivity index (χ3v) is 3.57. The van der Waals surface area contributed by atoms with Gasteiger partial charge in [-0.15, -0.1) is 0 Å². The van der Waals surface area contributed by atoms with Crippen LogP contribution in [0.5, 0.6) is 0 Å². The summed E-state index contributed by atoms with van der Waals surface area (Å²) in [6.07, 6.45) is 0.702. The molecule has 0 aliphatic carbocycles. The first-order valence-electron chi connectivity index (χ1n) is 6.46. The molecule has 0 aliphatic rings. The topological polar surface area (TPSA) is 12.0 Å². The largest absolute Gasteiger partial charge is 0.310 e. The number of hydrogen-bond acceptors (Lipinski definition) is 1. The molecule has 1 atom stereocenters. The fourth-order valence-electron chi connectivity index (χ4n) is 2.05. The lowest BCUT2D eigenvalue weighted by Gasteiger charge is -2.14. The first kappa shape index (κ1) is 15.1. The Kier molecular flexibility index (Phi) is 5.26. The highest BCUT2D eigenvalue weighted by atomic mass is 79.9. The molecule has 0 radical (unpaired) electrons. The van der Waals surface area contributed by atoms with Crippen LogP contribution in [0.25, 0.3) is 0 Å². The Labute approximate surface area is 126 Å². The summed E-state index contributed by atoms with van der Waals surface area (Å²) >= 11 is 3.33. The highest BCUT2D eigenvalue weighted by molar-refractivity contribution is 9.10. The van der Waals surface area contributed by atoms with Gasteiger partial charge < -0.3 is 5.32 Å². The van der Waals surface area contributed by atoms with Crippen molar-refractivity contribution in [2.45, 2.75) is 25.9 Å². The molecule has 4 heteroatoms. The molecule has 0 saturated carbocycles. The van der Waals surface area contributed by atoms with Crippen molar-refractivity contribution >= 4 is 15.9 Å². The van der Waals surface area contributed by atoms with Crippen molar-refractivity contribution in [3.63, 3.8) is 0 Å². The van der Waals surface area contributed by atoms with Crippen LogP contribution >= 0.6 is 15.9 Å². The zero-order valence-corrected chi connectivity index (χ0v) is 12.8. The Morgan fingerprint density at radius 1 is 1.15 bits per heavy atom. The van der Waals surface area contributed by atoms with Gasteiger partial charge >= 0.3 is 0 Å². The zero-order valence-electron chi connectivity index (χ0n) is 11.2. The summed E-state index contributed by atoms with van der Waals surface area (Å²) in [5.74, 6) is -0.452. The van der Waals surface area contributed by atoms with Crippen LogP contribution in [0.3, 0.4) is 0 Å². The van der Waals surface area contributed by atoms with Crippen molar-refractivity contribution in [1.29, 1.82) is 0 Å². The minimum absolute atomic E-state index is 0.134. The minimum atomic E-state index is -0.229. The standard InChI is InChI=1S/C16H16BrF2N/c1-11(7-12-3-2-4-15(18)8-12)20-10-13-9-14(17)5-6-16(13)19/h2-6,8-9,11,20H,7,10H2,1H3. The van der Waals surface area contributed by atoms with Crippen LogP contribution < -0.4 is 5.32 Å². The van der Waals surface area contributed by atoms with Crippen LogP contribution in [0, 0.1) is 11.6 Å². The quantitative estimate of drug-likeness (QED) is 0.848. The summed E-state index contributed by atoms with van der Waals surface area (Å²) in [5, 5.41) is 3.25. The molecule has 0 aliphatic heterocycles. The van der Waals surface area contributed by atoms with Crippen molar-refractivity contribution in [3.05, 3.63) is 69.7 Å². The zero-order chi connectivity index (χ0) is 14.5. The van der Waals surface area contributed by atoms with Crippen LogP contribution in [0.15, 0.2) is 46.9 Å². The molecule has 2 aromatic rings. The van der Waals surface area contributed by atoms with E-state index in [0.717, 1.165) is 10.0 Å². The van der Waals surface area contributed by atoms with Gasteiger partial charge in [0.2, 0.25) is 0 Å². The Morgan fingerprint density at radius 3 is 2.70 bits per heavy atom. The SMILES string of the molecule is CC(Cc1cccc(F)c1)NCc1cc(Br)ccc1F. The van der Waals surface area contributed by atoms with E-state index < -0.39 is 0 Å². The van der Waals surface area contributed by atoms with Gasteiger partial charge in [-0.1, -0.05) is 28.1 Å². The molecule has 20 heavy (non-hydrogen) atoms. The van der Waals surface area contributed by atoms with Gasteiger partial charge in [-0.3, -0.25) is 0 Å². The van der Waals surface area contributed by atoms with Crippen molar-refractivity contribution < 1.29 is 8.78 Å². The summed E-state index contributed by atoms with van der Waals surface area (Å²) in [4.78, 5) is 0. The van der Waals surface area contributed by atoms with Gasteiger partial charge in [-0.2, -0.15) is 0 Å². The van der Waals surface area contributed by atoms with Crippen molar-refractivity contribution in [2.24, 2.45) is 0 Å². The molecule has 1 nitrogen and oxygen atoms in total. The smallest absolute Gasteiger partial charge is 0.127 e. The van der Waals surface area contributed by atoms with Gasteiger partial charge in [-0.05, 0) is 49.2 Å². The molecule has 0 spiro atoms. The highest BCUT2D eigenvalue weighted by Gasteiger charge is 2.07. The monoisotopic (exact) mass is 339 g/mol. The Balaban J connectivity index is 1.92. The molecule has 2 rings (SSSR count). The summed E-state index contributed by atoms with van der Waals surface area (Å²) in [7, 11) is 0. The second-order valence-corrected chi connectivity index (χ2v) is 5.77. The molecule has 1 unspecified atom stereocenters. The van der Waals surface area contributed by atoms with E-state index in [0.29, 0.717) is 18.5 Å². The van der Waals surface area contributed by atoms with Gasteiger partial charge in [0, 0.05) is 22.6 Å². The maximum absolute atomic E-state index is 13.6. The average Bonchev–Trinajstić information content (AvgIpc) is 2.40. The van der Waals surface area contributed by atoms with E-state index in [-0.39, 0.29) is 17.7 Å². The highest BCUT2D eigenvalue weighted by Crippen LogP contribution is 2.15. The molecule has 2 aromatic carbocycles. The lowest BCUT2D eigenvalue weighted by Crippen LogP contribution is -2.28. The van der Waals surface area contributed by atoms with E-state index in [9.17, 15) is 8.78 Å². The molecule has 0 bridgehead atoms. The molecular formula is C16H16BrF2N. The van der Waals surface area contributed by atoms with Crippen molar-refractivity contribution in [3.8, 4) is 0 Å². The predicted molar refractivity (Wildman–Crippen MR) is 80.5 cm³/mol. The number of hydrogen-bond donors (Lipinski definition) is 1. The molecule has 0 heterocycles. The van der Waals surface area contributed by atoms with Crippen LogP contribution in [-0.4, -0.2) is 6.04 Å². The van der Waals surface area contributed by atoms with E-state index in [1.54, 1.807) is 18.2 Å². The van der Waals surface area contributed by atoms with Gasteiger partial charge in [0.15, 0.2) is 0 Å². The number of benzene rings is 2. The van der Waals surface area contributed by atoms with Gasteiger partial charge in [0.05, 0.1) is 0 Å². The Bertz CT molecular complexity index is 586. The summed E-state index contributed by atoms with van der Waals surface area (Å²) < 4.78 is 27.5. The Hall–Kier alpha value is -1.26. The first-order chi connectivity index (χ1) is 9.54. The number of rotatable bonds is 5. The first-order valence-corrected chi connectivity index (χ1v) is 7.25. The van der Waals surface area contributed by atoms with Gasteiger partial charge in [-0.25, -0.2) is 8.78 Å². The van der Waals surface area contributed by atoms with E-state index in [1.807, 2.05) is 13.0 Å². The molecule has 0 amide bonds. The van der Waals surface area contributed by atoms with E-state index in [4.69, 9.17) is 0 Å². The molecule has 106 valence electrons. The summed E-state index contributed by atoms with van der Waals surface area (Å²) in [6, 6.07) is 11.6. The van der Waals surface area contributed by atoms with E-state index in [2.05, 4.69) is 21.2 Å². The minimum Gasteiger partial charge on any atom is -0.310 e. The van der Waals surface area contributed by atoms with Crippen molar-refractivity contribution in [1.82, 2.24) is 5.32 Å². The second-order valence-electron chi connectivity index (χ2n) is 4.85. The van der Waals surface area contributed by atoms with Crippen molar-refractivity contribution in [2.75, 3.05) is 0 Å². The number of halogens is 3. The third kappa shape index (κ3) is 4.39. The third-order valence-electron chi connectivity index (χ3n) is 3.08. The van der Waals surface area contributed by atoms with E-state index >= 15 is 0 Å². The average molecular weight is 340 g/mol.